The molecule has 132 valence electrons. The first-order chi connectivity index (χ1) is 12.0. The zero-order chi connectivity index (χ0) is 18.4. The van der Waals surface area contributed by atoms with E-state index in [1.165, 1.54) is 13.2 Å². The summed E-state index contributed by atoms with van der Waals surface area (Å²) in [7, 11) is 1.50. The first-order valence-corrected chi connectivity index (χ1v) is 8.26. The van der Waals surface area contributed by atoms with Crippen LogP contribution in [0.15, 0.2) is 35.4 Å². The lowest BCUT2D eigenvalue weighted by Gasteiger charge is -2.10. The summed E-state index contributed by atoms with van der Waals surface area (Å²) in [6.07, 6.45) is 0. The van der Waals surface area contributed by atoms with E-state index >= 15 is 0 Å². The molecule has 1 aromatic heterocycles. The number of benzene rings is 1. The van der Waals surface area contributed by atoms with Crippen molar-refractivity contribution in [3.05, 3.63) is 45.6 Å². The molecular formula is C17H18N2O5S. The molecule has 0 bridgehead atoms. The maximum atomic E-state index is 12.2. The lowest BCUT2D eigenvalue weighted by atomic mass is 10.2. The maximum Gasteiger partial charge on any atom is 0.345 e. The molecule has 2 N–H and O–H groups in total. The Balaban J connectivity index is 2.11. The quantitative estimate of drug-likeness (QED) is 0.583. The number of thiophene rings is 1. The number of nitrogens with one attached hydrogen (secondary N) is 1. The number of rotatable bonds is 7. The minimum atomic E-state index is -0.991. The second-order valence-electron chi connectivity index (χ2n) is 4.91. The van der Waals surface area contributed by atoms with E-state index in [0.29, 0.717) is 34.3 Å². The highest BCUT2D eigenvalue weighted by atomic mass is 32.1. The molecule has 2 aromatic rings. The van der Waals surface area contributed by atoms with Crippen molar-refractivity contribution in [2.45, 2.75) is 13.8 Å². The molecule has 0 spiro atoms. The number of carboxylic acid groups (broad SMARTS) is 1. The first kappa shape index (κ1) is 18.5. The smallest absolute Gasteiger partial charge is 0.345 e. The molecule has 2 rings (SSSR count). The molecular weight excluding hydrogens is 344 g/mol. The molecule has 1 aromatic carbocycles. The van der Waals surface area contributed by atoms with E-state index < -0.39 is 11.9 Å². The van der Waals surface area contributed by atoms with Crippen LogP contribution in [0.5, 0.6) is 11.5 Å². The number of methoxy groups -OCH3 is 1. The van der Waals surface area contributed by atoms with Crippen molar-refractivity contribution in [1.82, 2.24) is 5.43 Å². The van der Waals surface area contributed by atoms with Crippen LogP contribution >= 0.6 is 11.3 Å². The third-order valence-electron chi connectivity index (χ3n) is 3.22. The minimum Gasteiger partial charge on any atom is -0.493 e. The van der Waals surface area contributed by atoms with Gasteiger partial charge in [0.05, 0.1) is 24.3 Å². The Morgan fingerprint density at radius 1 is 1.20 bits per heavy atom. The number of nitrogens with zero attached hydrogens (tertiary/aromatic N) is 1. The molecule has 1 amide bonds. The zero-order valence-corrected chi connectivity index (χ0v) is 14.8. The van der Waals surface area contributed by atoms with E-state index in [-0.39, 0.29) is 4.88 Å². The van der Waals surface area contributed by atoms with E-state index in [2.05, 4.69) is 10.5 Å². The predicted molar refractivity (Wildman–Crippen MR) is 95.1 cm³/mol. The Morgan fingerprint density at radius 2 is 1.92 bits per heavy atom. The van der Waals surface area contributed by atoms with Gasteiger partial charge in [-0.2, -0.15) is 5.10 Å². The third-order valence-corrected chi connectivity index (χ3v) is 4.41. The Hall–Kier alpha value is -2.87. The molecule has 0 atom stereocenters. The first-order valence-electron chi connectivity index (χ1n) is 7.45. The standard InChI is InChI=1S/C17H18N2O5S/c1-4-24-12-6-5-11(9-13(12)23-3)16(20)19-18-10(2)14-7-8-15(25-14)17(21)22/h5-9H,4H2,1-3H3,(H,19,20)(H,21,22)/b18-10-. The number of hydrogen-bond acceptors (Lipinski definition) is 6. The van der Waals surface area contributed by atoms with Crippen molar-refractivity contribution >= 4 is 28.9 Å². The average molecular weight is 362 g/mol. The van der Waals surface area contributed by atoms with Crippen LogP contribution in [0.2, 0.25) is 0 Å². The molecule has 0 aliphatic heterocycles. The van der Waals surface area contributed by atoms with Crippen molar-refractivity contribution in [1.29, 1.82) is 0 Å². The Labute approximate surface area is 148 Å². The van der Waals surface area contributed by atoms with E-state index in [4.69, 9.17) is 14.6 Å². The SMILES string of the molecule is CCOc1ccc(C(=O)N/N=C(/C)c2ccc(C(=O)O)s2)cc1OC. The van der Waals surface area contributed by atoms with Gasteiger partial charge >= 0.3 is 5.97 Å². The Morgan fingerprint density at radius 3 is 2.52 bits per heavy atom. The van der Waals surface area contributed by atoms with Crippen LogP contribution < -0.4 is 14.9 Å². The number of carbonyl (C=O) groups excluding carboxylic acids is 1. The number of hydrazone groups is 1. The molecule has 0 fully saturated rings. The second-order valence-corrected chi connectivity index (χ2v) is 5.99. The molecule has 1 heterocycles. The topological polar surface area (TPSA) is 97.2 Å². The summed E-state index contributed by atoms with van der Waals surface area (Å²) in [6, 6.07) is 7.99. The van der Waals surface area contributed by atoms with Gasteiger partial charge in [-0.1, -0.05) is 0 Å². The maximum absolute atomic E-state index is 12.2. The molecule has 7 nitrogen and oxygen atoms in total. The van der Waals surface area contributed by atoms with Crippen molar-refractivity contribution < 1.29 is 24.2 Å². The van der Waals surface area contributed by atoms with Gasteiger partial charge in [0, 0.05) is 5.56 Å². The fourth-order valence-electron chi connectivity index (χ4n) is 1.99. The van der Waals surface area contributed by atoms with Crippen LogP contribution in [0.25, 0.3) is 0 Å². The second kappa shape index (κ2) is 8.29. The fraction of sp³-hybridized carbons (Fsp3) is 0.235. The lowest BCUT2D eigenvalue weighted by molar-refractivity contribution is 0.0702. The van der Waals surface area contributed by atoms with Crippen molar-refractivity contribution in [3.8, 4) is 11.5 Å². The summed E-state index contributed by atoms with van der Waals surface area (Å²) < 4.78 is 10.6. The van der Waals surface area contributed by atoms with Crippen LogP contribution in [-0.4, -0.2) is 36.4 Å². The van der Waals surface area contributed by atoms with Crippen LogP contribution in [-0.2, 0) is 0 Å². The summed E-state index contributed by atoms with van der Waals surface area (Å²) in [5, 5.41) is 13.0. The number of aromatic carboxylic acids is 1. The normalized spacial score (nSPS) is 11.1. The predicted octanol–water partition coefficient (Wildman–Crippen LogP) is 3.01. The highest BCUT2D eigenvalue weighted by molar-refractivity contribution is 7.15. The van der Waals surface area contributed by atoms with Gasteiger partial charge in [0.2, 0.25) is 0 Å². The highest BCUT2D eigenvalue weighted by Crippen LogP contribution is 2.28. The molecule has 0 radical (unpaired) electrons. The average Bonchev–Trinajstić information content (AvgIpc) is 3.10. The van der Waals surface area contributed by atoms with Gasteiger partial charge in [0.15, 0.2) is 11.5 Å². The zero-order valence-electron chi connectivity index (χ0n) is 14.0. The van der Waals surface area contributed by atoms with Crippen LogP contribution in [0.3, 0.4) is 0 Å². The minimum absolute atomic E-state index is 0.215. The van der Waals surface area contributed by atoms with Gasteiger partial charge in [0.1, 0.15) is 4.88 Å². The molecule has 0 aliphatic rings. The number of ether oxygens (including phenoxy) is 2. The number of carboxylic acids is 1. The summed E-state index contributed by atoms with van der Waals surface area (Å²) in [6.45, 7) is 4.04. The number of hydrogen-bond donors (Lipinski definition) is 2. The molecule has 8 heteroatoms. The number of amides is 1. The summed E-state index contributed by atoms with van der Waals surface area (Å²) in [4.78, 5) is 24.0. The van der Waals surface area contributed by atoms with Gasteiger partial charge in [-0.05, 0) is 44.2 Å². The van der Waals surface area contributed by atoms with Crippen molar-refractivity contribution in [2.75, 3.05) is 13.7 Å². The summed E-state index contributed by atoms with van der Waals surface area (Å²) in [5.41, 5.74) is 3.34. The van der Waals surface area contributed by atoms with Gasteiger partial charge in [0.25, 0.3) is 5.91 Å². The molecule has 25 heavy (non-hydrogen) atoms. The fourth-order valence-corrected chi connectivity index (χ4v) is 2.77. The largest absolute Gasteiger partial charge is 0.493 e. The van der Waals surface area contributed by atoms with E-state index in [9.17, 15) is 9.59 Å². The van der Waals surface area contributed by atoms with Crippen molar-refractivity contribution in [3.63, 3.8) is 0 Å². The van der Waals surface area contributed by atoms with Gasteiger partial charge in [-0.15, -0.1) is 11.3 Å². The molecule has 0 saturated carbocycles. The monoisotopic (exact) mass is 362 g/mol. The molecule has 0 unspecified atom stereocenters. The summed E-state index contributed by atoms with van der Waals surface area (Å²) in [5.74, 6) is -0.383. The molecule has 0 aliphatic carbocycles. The molecule has 0 saturated heterocycles. The van der Waals surface area contributed by atoms with Crippen molar-refractivity contribution in [2.24, 2.45) is 5.10 Å². The highest BCUT2D eigenvalue weighted by Gasteiger charge is 2.12. The lowest BCUT2D eigenvalue weighted by Crippen LogP contribution is -2.19. The Kier molecular flexibility index (Phi) is 6.13. The van der Waals surface area contributed by atoms with E-state index in [1.807, 2.05) is 6.92 Å². The van der Waals surface area contributed by atoms with Gasteiger partial charge < -0.3 is 14.6 Å². The van der Waals surface area contributed by atoms with Gasteiger partial charge in [-0.3, -0.25) is 4.79 Å². The van der Waals surface area contributed by atoms with E-state index in [0.717, 1.165) is 11.3 Å². The van der Waals surface area contributed by atoms with E-state index in [1.54, 1.807) is 31.2 Å². The van der Waals surface area contributed by atoms with Crippen LogP contribution in [0, 0.1) is 0 Å². The third kappa shape index (κ3) is 4.57. The summed E-state index contributed by atoms with van der Waals surface area (Å²) >= 11 is 1.09. The Bertz CT molecular complexity index is 813. The van der Waals surface area contributed by atoms with Gasteiger partial charge in [-0.25, -0.2) is 10.2 Å². The van der Waals surface area contributed by atoms with Crippen LogP contribution in [0.1, 0.15) is 38.8 Å². The van der Waals surface area contributed by atoms with Crippen LogP contribution in [0.4, 0.5) is 0 Å². The number of carbonyl (C=O) groups is 2.